The Morgan fingerprint density at radius 3 is 2.92 bits per heavy atom. The first-order chi connectivity index (χ1) is 11.6. The number of aryl methyl sites for hydroxylation is 1. The molecule has 6 heteroatoms. The number of carbonyl (C=O) groups is 1. The lowest BCUT2D eigenvalue weighted by molar-refractivity contribution is -0.130. The molecule has 1 aromatic carbocycles. The van der Waals surface area contributed by atoms with Gasteiger partial charge in [0, 0.05) is 32.2 Å². The van der Waals surface area contributed by atoms with Crippen LogP contribution >= 0.6 is 24.0 Å². The van der Waals surface area contributed by atoms with E-state index in [0.717, 1.165) is 44.5 Å². The Kier molecular flexibility index (Phi) is 7.53. The van der Waals surface area contributed by atoms with Crippen molar-refractivity contribution in [3.05, 3.63) is 29.3 Å². The van der Waals surface area contributed by atoms with E-state index >= 15 is 0 Å². The average molecular weight is 456 g/mol. The third kappa shape index (κ3) is 5.33. The molecule has 1 saturated heterocycles. The summed E-state index contributed by atoms with van der Waals surface area (Å²) in [4.78, 5) is 18.0. The number of hydrogen-bond donors (Lipinski definition) is 2. The summed E-state index contributed by atoms with van der Waals surface area (Å²) in [5.41, 5.74) is 10.0. The summed E-state index contributed by atoms with van der Waals surface area (Å²) >= 11 is 0. The number of piperidine rings is 1. The standard InChI is InChI=1S/C19H28N4O.HI/c1-14(24)23-11-5-6-15(13-23)12-21-19(20)22-18-10-4-8-16-7-2-3-9-17(16)18;/h4,8,10,15H,2-3,5-7,9,11-13H2,1H3,(H3,20,21,22);1H. The first kappa shape index (κ1) is 20.0. The Hall–Kier alpha value is -1.31. The van der Waals surface area contributed by atoms with Gasteiger partial charge in [-0.15, -0.1) is 24.0 Å². The molecule has 0 aromatic heterocycles. The van der Waals surface area contributed by atoms with Crippen LogP contribution in [0, 0.1) is 5.92 Å². The number of nitrogens with zero attached hydrogens (tertiary/aromatic N) is 2. The van der Waals surface area contributed by atoms with Gasteiger partial charge >= 0.3 is 0 Å². The van der Waals surface area contributed by atoms with E-state index in [4.69, 9.17) is 5.73 Å². The maximum atomic E-state index is 11.5. The van der Waals surface area contributed by atoms with Crippen LogP contribution in [0.1, 0.15) is 43.7 Å². The van der Waals surface area contributed by atoms with E-state index in [1.165, 1.54) is 24.0 Å². The van der Waals surface area contributed by atoms with Crippen LogP contribution in [0.3, 0.4) is 0 Å². The highest BCUT2D eigenvalue weighted by Crippen LogP contribution is 2.27. The Morgan fingerprint density at radius 2 is 2.12 bits per heavy atom. The molecule has 0 spiro atoms. The molecule has 0 bridgehead atoms. The Morgan fingerprint density at radius 1 is 1.32 bits per heavy atom. The maximum Gasteiger partial charge on any atom is 0.219 e. The van der Waals surface area contributed by atoms with Gasteiger partial charge in [0.25, 0.3) is 0 Å². The van der Waals surface area contributed by atoms with E-state index in [2.05, 4.69) is 28.5 Å². The van der Waals surface area contributed by atoms with Gasteiger partial charge < -0.3 is 16.0 Å². The molecule has 1 fully saturated rings. The summed E-state index contributed by atoms with van der Waals surface area (Å²) in [6.45, 7) is 3.99. The predicted molar refractivity (Wildman–Crippen MR) is 114 cm³/mol. The molecule has 3 N–H and O–H groups in total. The van der Waals surface area contributed by atoms with E-state index in [1.54, 1.807) is 6.92 Å². The molecule has 1 aliphatic carbocycles. The molecule has 2 aliphatic rings. The molecule has 5 nitrogen and oxygen atoms in total. The second kappa shape index (κ2) is 9.40. The van der Waals surface area contributed by atoms with Crippen molar-refractivity contribution in [1.29, 1.82) is 0 Å². The minimum absolute atomic E-state index is 0. The first-order valence-corrected chi connectivity index (χ1v) is 9.06. The van der Waals surface area contributed by atoms with Crippen LogP contribution < -0.4 is 11.1 Å². The van der Waals surface area contributed by atoms with Crippen LogP contribution in [0.15, 0.2) is 23.2 Å². The fourth-order valence-corrected chi connectivity index (χ4v) is 3.80. The fourth-order valence-electron chi connectivity index (χ4n) is 3.80. The molecule has 1 amide bonds. The van der Waals surface area contributed by atoms with Crippen molar-refractivity contribution in [3.63, 3.8) is 0 Å². The lowest BCUT2D eigenvalue weighted by Gasteiger charge is -2.31. The third-order valence-electron chi connectivity index (χ3n) is 5.14. The molecule has 0 radical (unpaired) electrons. The van der Waals surface area contributed by atoms with Gasteiger partial charge in [-0.25, -0.2) is 0 Å². The molecule has 1 unspecified atom stereocenters. The van der Waals surface area contributed by atoms with Crippen molar-refractivity contribution in [2.24, 2.45) is 16.6 Å². The van der Waals surface area contributed by atoms with Crippen molar-refractivity contribution in [1.82, 2.24) is 4.90 Å². The Bertz CT molecular complexity index is 632. The molecule has 0 saturated carbocycles. The second-order valence-corrected chi connectivity index (χ2v) is 6.97. The zero-order valence-electron chi connectivity index (χ0n) is 15.0. The van der Waals surface area contributed by atoms with Crippen LogP contribution in [0.5, 0.6) is 0 Å². The van der Waals surface area contributed by atoms with Gasteiger partial charge in [-0.2, -0.15) is 0 Å². The van der Waals surface area contributed by atoms with Crippen LogP contribution in [0.4, 0.5) is 5.69 Å². The molecular formula is C19H29IN4O. The zero-order chi connectivity index (χ0) is 16.9. The summed E-state index contributed by atoms with van der Waals surface area (Å²) in [6.07, 6.45) is 6.95. The van der Waals surface area contributed by atoms with Gasteiger partial charge in [0.2, 0.25) is 5.91 Å². The van der Waals surface area contributed by atoms with Gasteiger partial charge in [-0.05, 0) is 61.6 Å². The highest BCUT2D eigenvalue weighted by atomic mass is 127. The number of likely N-dealkylation sites (tertiary alicyclic amines) is 1. The maximum absolute atomic E-state index is 11.5. The second-order valence-electron chi connectivity index (χ2n) is 6.97. The number of aliphatic imine (C=N–C) groups is 1. The van der Waals surface area contributed by atoms with Crippen molar-refractivity contribution in [2.45, 2.75) is 45.4 Å². The summed E-state index contributed by atoms with van der Waals surface area (Å²) < 4.78 is 0. The van der Waals surface area contributed by atoms with Gasteiger partial charge in [-0.3, -0.25) is 9.79 Å². The zero-order valence-corrected chi connectivity index (χ0v) is 17.3. The number of carbonyl (C=O) groups excluding carboxylic acids is 1. The van der Waals surface area contributed by atoms with Crippen molar-refractivity contribution in [2.75, 3.05) is 25.0 Å². The number of amides is 1. The SMILES string of the molecule is CC(=O)N1CCCC(CN=C(N)Nc2cccc3c2CCCC3)C1.I. The molecule has 3 rings (SSSR count). The van der Waals surface area contributed by atoms with Crippen LogP contribution in [0.25, 0.3) is 0 Å². The van der Waals surface area contributed by atoms with Crippen molar-refractivity contribution >= 4 is 41.5 Å². The minimum Gasteiger partial charge on any atom is -0.370 e. The Labute approximate surface area is 167 Å². The van der Waals surface area contributed by atoms with E-state index < -0.39 is 0 Å². The first-order valence-electron chi connectivity index (χ1n) is 9.06. The largest absolute Gasteiger partial charge is 0.370 e. The smallest absolute Gasteiger partial charge is 0.219 e. The third-order valence-corrected chi connectivity index (χ3v) is 5.14. The van der Waals surface area contributed by atoms with Crippen molar-refractivity contribution in [3.8, 4) is 0 Å². The number of hydrogen-bond acceptors (Lipinski definition) is 2. The average Bonchev–Trinajstić information content (AvgIpc) is 2.60. The normalized spacial score (nSPS) is 20.4. The number of nitrogens with two attached hydrogens (primary N) is 1. The van der Waals surface area contributed by atoms with Gasteiger partial charge in [0.05, 0.1) is 0 Å². The van der Waals surface area contributed by atoms with Gasteiger partial charge in [-0.1, -0.05) is 12.1 Å². The number of fused-ring (bicyclic) bond motifs is 1. The quantitative estimate of drug-likeness (QED) is 0.417. The van der Waals surface area contributed by atoms with Gasteiger partial charge in [0.15, 0.2) is 5.96 Å². The van der Waals surface area contributed by atoms with E-state index in [-0.39, 0.29) is 29.9 Å². The monoisotopic (exact) mass is 456 g/mol. The topological polar surface area (TPSA) is 70.7 Å². The number of guanidine groups is 1. The highest BCUT2D eigenvalue weighted by Gasteiger charge is 2.21. The molecule has 1 aromatic rings. The highest BCUT2D eigenvalue weighted by molar-refractivity contribution is 14.0. The van der Waals surface area contributed by atoms with Crippen molar-refractivity contribution < 1.29 is 4.79 Å². The number of rotatable bonds is 3. The number of anilines is 1. The van der Waals surface area contributed by atoms with Gasteiger partial charge in [0.1, 0.15) is 0 Å². The summed E-state index contributed by atoms with van der Waals surface area (Å²) in [5, 5.41) is 3.29. The summed E-state index contributed by atoms with van der Waals surface area (Å²) in [5.74, 6) is 1.05. The number of nitrogens with one attached hydrogen (secondary N) is 1. The number of benzene rings is 1. The van der Waals surface area contributed by atoms with E-state index in [1.807, 2.05) is 4.90 Å². The van der Waals surface area contributed by atoms with Crippen LogP contribution in [-0.2, 0) is 17.6 Å². The van der Waals surface area contributed by atoms with E-state index in [9.17, 15) is 4.79 Å². The minimum atomic E-state index is 0. The lowest BCUT2D eigenvalue weighted by Crippen LogP contribution is -2.39. The molecule has 25 heavy (non-hydrogen) atoms. The molecule has 138 valence electrons. The molecule has 1 heterocycles. The molecule has 1 aliphatic heterocycles. The summed E-state index contributed by atoms with van der Waals surface area (Å²) in [7, 11) is 0. The molecular weight excluding hydrogens is 427 g/mol. The molecule has 1 atom stereocenters. The lowest BCUT2D eigenvalue weighted by atomic mass is 9.90. The van der Waals surface area contributed by atoms with Crippen LogP contribution in [-0.4, -0.2) is 36.4 Å². The van der Waals surface area contributed by atoms with Crippen LogP contribution in [0.2, 0.25) is 0 Å². The number of halogens is 1. The summed E-state index contributed by atoms with van der Waals surface area (Å²) in [6, 6.07) is 6.39. The van der Waals surface area contributed by atoms with E-state index in [0.29, 0.717) is 18.4 Å². The fraction of sp³-hybridized carbons (Fsp3) is 0.579. The Balaban J connectivity index is 0.00000225. The predicted octanol–water partition coefficient (Wildman–Crippen LogP) is 3.17.